The van der Waals surface area contributed by atoms with Crippen LogP contribution < -0.4 is 10.6 Å². The van der Waals surface area contributed by atoms with Gasteiger partial charge in [0.05, 0.1) is 28.6 Å². The molecule has 3 unspecified atom stereocenters. The molecule has 7 rings (SSSR count). The Labute approximate surface area is 187 Å². The van der Waals surface area contributed by atoms with E-state index in [1.165, 1.54) is 0 Å². The predicted molar refractivity (Wildman–Crippen MR) is 122 cm³/mol. The molecule has 0 spiro atoms. The lowest BCUT2D eigenvalue weighted by molar-refractivity contribution is -0.129. The average molecular weight is 432 g/mol. The number of nitrogens with one attached hydrogen (secondary N) is 3. The summed E-state index contributed by atoms with van der Waals surface area (Å²) in [5.74, 6) is 1.36. The fraction of sp³-hybridized carbons (Fsp3) is 0.480. The van der Waals surface area contributed by atoms with Gasteiger partial charge in [-0.1, -0.05) is 6.07 Å². The van der Waals surface area contributed by atoms with E-state index in [0.717, 1.165) is 54.5 Å². The highest BCUT2D eigenvalue weighted by atomic mass is 16.3. The van der Waals surface area contributed by atoms with Gasteiger partial charge in [0.1, 0.15) is 5.65 Å². The SMILES string of the molecule is CC(NC(=O)c1cnc2[nH]ccc2c1N[C@H]1C2CC3CC1C[C@@](O)(C3)C2)c1ccccn1. The van der Waals surface area contributed by atoms with Crippen molar-refractivity contribution in [3.05, 3.63) is 54.1 Å². The lowest BCUT2D eigenvalue weighted by atomic mass is 9.52. The smallest absolute Gasteiger partial charge is 0.255 e. The summed E-state index contributed by atoms with van der Waals surface area (Å²) < 4.78 is 0. The minimum absolute atomic E-state index is 0.163. The fourth-order valence-electron chi connectivity index (χ4n) is 6.70. The van der Waals surface area contributed by atoms with Crippen LogP contribution in [-0.4, -0.2) is 37.6 Å². The van der Waals surface area contributed by atoms with Crippen molar-refractivity contribution in [3.8, 4) is 0 Å². The number of aromatic amines is 1. The molecule has 166 valence electrons. The van der Waals surface area contributed by atoms with Crippen LogP contribution in [0.4, 0.5) is 5.69 Å². The minimum atomic E-state index is -0.478. The largest absolute Gasteiger partial charge is 0.390 e. The Morgan fingerprint density at radius 1 is 1.19 bits per heavy atom. The number of aromatic nitrogens is 3. The number of amides is 1. The maximum Gasteiger partial charge on any atom is 0.255 e. The quantitative estimate of drug-likeness (QED) is 0.492. The van der Waals surface area contributed by atoms with Crippen molar-refractivity contribution in [3.63, 3.8) is 0 Å². The number of hydrogen-bond acceptors (Lipinski definition) is 5. The van der Waals surface area contributed by atoms with Crippen molar-refractivity contribution in [1.82, 2.24) is 20.3 Å². The maximum absolute atomic E-state index is 13.3. The Bertz CT molecular complexity index is 1140. The minimum Gasteiger partial charge on any atom is -0.390 e. The van der Waals surface area contributed by atoms with Gasteiger partial charge in [-0.2, -0.15) is 0 Å². The number of anilines is 1. The molecule has 4 aliphatic carbocycles. The monoisotopic (exact) mass is 431 g/mol. The summed E-state index contributed by atoms with van der Waals surface area (Å²) in [6.45, 7) is 1.94. The Kier molecular flexibility index (Phi) is 4.50. The molecule has 3 atom stereocenters. The van der Waals surface area contributed by atoms with Crippen molar-refractivity contribution in [2.75, 3.05) is 5.32 Å². The zero-order valence-corrected chi connectivity index (χ0v) is 18.2. The summed E-state index contributed by atoms with van der Waals surface area (Å²) >= 11 is 0. The van der Waals surface area contributed by atoms with E-state index in [2.05, 4.69) is 25.6 Å². The highest BCUT2D eigenvalue weighted by Crippen LogP contribution is 2.56. The second-order valence-electron chi connectivity index (χ2n) is 10.1. The normalized spacial score (nSPS) is 31.6. The second kappa shape index (κ2) is 7.30. The number of fused-ring (bicyclic) bond motifs is 1. The number of pyridine rings is 2. The van der Waals surface area contributed by atoms with E-state index in [4.69, 9.17) is 0 Å². The van der Waals surface area contributed by atoms with E-state index >= 15 is 0 Å². The number of rotatable bonds is 5. The summed E-state index contributed by atoms with van der Waals surface area (Å²) in [7, 11) is 0. The van der Waals surface area contributed by atoms with Gasteiger partial charge in [-0.25, -0.2) is 4.98 Å². The molecule has 0 aliphatic heterocycles. The lowest BCUT2D eigenvalue weighted by Gasteiger charge is -2.58. The summed E-state index contributed by atoms with van der Waals surface area (Å²) in [6.07, 6.45) is 10.3. The van der Waals surface area contributed by atoms with Gasteiger partial charge in [0.2, 0.25) is 0 Å². The van der Waals surface area contributed by atoms with Crippen molar-refractivity contribution < 1.29 is 9.90 Å². The third kappa shape index (κ3) is 3.26. The molecular weight excluding hydrogens is 402 g/mol. The first-order valence-electron chi connectivity index (χ1n) is 11.7. The molecule has 0 saturated heterocycles. The highest BCUT2D eigenvalue weighted by molar-refractivity contribution is 6.06. The fourth-order valence-corrected chi connectivity index (χ4v) is 6.70. The molecule has 4 N–H and O–H groups in total. The molecule has 4 aliphatic rings. The molecule has 3 aromatic heterocycles. The van der Waals surface area contributed by atoms with Crippen LogP contribution >= 0.6 is 0 Å². The van der Waals surface area contributed by atoms with Crippen LogP contribution in [0.1, 0.15) is 61.1 Å². The molecule has 3 aromatic rings. The Balaban J connectivity index is 1.31. The van der Waals surface area contributed by atoms with Crippen molar-refractivity contribution in [2.45, 2.75) is 56.7 Å². The highest BCUT2D eigenvalue weighted by Gasteiger charge is 2.54. The Morgan fingerprint density at radius 2 is 2.00 bits per heavy atom. The summed E-state index contributed by atoms with van der Waals surface area (Å²) in [6, 6.07) is 7.74. The van der Waals surface area contributed by atoms with Crippen LogP contribution in [0.2, 0.25) is 0 Å². The predicted octanol–water partition coefficient (Wildman–Crippen LogP) is 3.80. The summed E-state index contributed by atoms with van der Waals surface area (Å²) in [5.41, 5.74) is 2.50. The number of hydrogen-bond donors (Lipinski definition) is 4. The molecular formula is C25H29N5O2. The van der Waals surface area contributed by atoms with E-state index in [0.29, 0.717) is 23.3 Å². The van der Waals surface area contributed by atoms with Crippen LogP contribution in [0.25, 0.3) is 11.0 Å². The molecule has 0 aromatic carbocycles. The molecule has 32 heavy (non-hydrogen) atoms. The maximum atomic E-state index is 13.3. The first kappa shape index (κ1) is 19.7. The zero-order chi connectivity index (χ0) is 21.9. The van der Waals surface area contributed by atoms with Gasteiger partial charge in [0.25, 0.3) is 5.91 Å². The molecule has 7 nitrogen and oxygen atoms in total. The van der Waals surface area contributed by atoms with Gasteiger partial charge < -0.3 is 20.7 Å². The topological polar surface area (TPSA) is 103 Å². The van der Waals surface area contributed by atoms with Crippen molar-refractivity contribution in [2.24, 2.45) is 17.8 Å². The van der Waals surface area contributed by atoms with Crippen molar-refractivity contribution in [1.29, 1.82) is 0 Å². The molecule has 0 radical (unpaired) electrons. The van der Waals surface area contributed by atoms with Crippen LogP contribution in [0.3, 0.4) is 0 Å². The molecule has 4 saturated carbocycles. The van der Waals surface area contributed by atoms with E-state index in [1.807, 2.05) is 37.4 Å². The number of H-pyrrole nitrogens is 1. The summed E-state index contributed by atoms with van der Waals surface area (Å²) in [4.78, 5) is 25.4. The second-order valence-corrected chi connectivity index (χ2v) is 10.1. The van der Waals surface area contributed by atoms with Gasteiger partial charge in [0.15, 0.2) is 0 Å². The van der Waals surface area contributed by atoms with Crippen LogP contribution in [0.5, 0.6) is 0 Å². The molecule has 4 fully saturated rings. The van der Waals surface area contributed by atoms with Gasteiger partial charge in [-0.15, -0.1) is 0 Å². The molecule has 4 bridgehead atoms. The van der Waals surface area contributed by atoms with Crippen LogP contribution in [0, 0.1) is 17.8 Å². The average Bonchev–Trinajstić information content (AvgIpc) is 3.25. The summed E-state index contributed by atoms with van der Waals surface area (Å²) in [5, 5.41) is 18.8. The third-order valence-electron chi connectivity index (χ3n) is 7.86. The van der Waals surface area contributed by atoms with Gasteiger partial charge >= 0.3 is 0 Å². The van der Waals surface area contributed by atoms with Gasteiger partial charge in [-0.05, 0) is 75.0 Å². The Morgan fingerprint density at radius 3 is 2.72 bits per heavy atom. The third-order valence-corrected chi connectivity index (χ3v) is 7.86. The first-order chi connectivity index (χ1) is 15.5. The Hall–Kier alpha value is -2.93. The van der Waals surface area contributed by atoms with E-state index < -0.39 is 5.60 Å². The molecule has 7 heteroatoms. The van der Waals surface area contributed by atoms with Crippen molar-refractivity contribution >= 4 is 22.6 Å². The molecule has 3 heterocycles. The van der Waals surface area contributed by atoms with E-state index in [-0.39, 0.29) is 18.0 Å². The standard InChI is InChI=1S/C25H29N5O2/c1-14(20-4-2-3-6-26-20)29-24(31)19-13-28-23-18(5-7-27-23)22(19)30-21-16-8-15-9-17(21)12-25(32,10-15)11-16/h2-7,13-17,21,32H,8-12H2,1H3,(H,29,31)(H2,27,28,30)/t14?,15?,16?,17?,21-,25+. The van der Waals surface area contributed by atoms with Gasteiger partial charge in [0, 0.05) is 30.0 Å². The van der Waals surface area contributed by atoms with E-state index in [9.17, 15) is 9.90 Å². The number of aliphatic hydroxyl groups is 1. The van der Waals surface area contributed by atoms with E-state index in [1.54, 1.807) is 12.4 Å². The lowest BCUT2D eigenvalue weighted by Crippen LogP contribution is -2.59. The zero-order valence-electron chi connectivity index (χ0n) is 18.2. The number of carbonyl (C=O) groups is 1. The number of carbonyl (C=O) groups excluding carboxylic acids is 1. The first-order valence-corrected chi connectivity index (χ1v) is 11.7. The molecule has 1 amide bonds. The van der Waals surface area contributed by atoms with Crippen LogP contribution in [0.15, 0.2) is 42.9 Å². The number of nitrogens with zero attached hydrogens (tertiary/aromatic N) is 2. The van der Waals surface area contributed by atoms with Gasteiger partial charge in [-0.3, -0.25) is 9.78 Å². The van der Waals surface area contributed by atoms with Crippen LogP contribution in [-0.2, 0) is 0 Å².